The summed E-state index contributed by atoms with van der Waals surface area (Å²) < 4.78 is 6.91. The van der Waals surface area contributed by atoms with Crippen molar-refractivity contribution >= 4 is 55.9 Å². The zero-order valence-corrected chi connectivity index (χ0v) is 27.1. The minimum absolute atomic E-state index is 0.0566. The molecular weight excluding hydrogens is 605 g/mol. The van der Waals surface area contributed by atoms with Gasteiger partial charge in [-0.2, -0.15) is 0 Å². The molecule has 5 aromatic carbocycles. The highest BCUT2D eigenvalue weighted by Gasteiger charge is 2.36. The third-order valence-corrected chi connectivity index (χ3v) is 11.4. The molecule has 0 radical (unpaired) electrons. The number of nitrogens with one attached hydrogen (secondary N) is 1. The lowest BCUT2D eigenvalue weighted by Gasteiger charge is -2.27. The van der Waals surface area contributed by atoms with E-state index < -0.39 is 0 Å². The smallest absolute Gasteiger partial charge is 0.146 e. The van der Waals surface area contributed by atoms with Gasteiger partial charge in [-0.1, -0.05) is 127 Å². The van der Waals surface area contributed by atoms with Crippen molar-refractivity contribution in [1.29, 1.82) is 0 Å². The highest BCUT2D eigenvalue weighted by Crippen LogP contribution is 2.52. The van der Waals surface area contributed by atoms with E-state index in [4.69, 9.17) is 9.41 Å². The Labute approximate surface area is 283 Å². The molecule has 2 aliphatic heterocycles. The molecule has 0 bridgehead atoms. The molecule has 48 heavy (non-hydrogen) atoms. The van der Waals surface area contributed by atoms with Crippen LogP contribution in [0.5, 0.6) is 0 Å². The Morgan fingerprint density at radius 2 is 1.65 bits per heavy atom. The lowest BCUT2D eigenvalue weighted by Crippen LogP contribution is -2.32. The molecule has 1 aromatic heterocycles. The average Bonchev–Trinajstić information content (AvgIpc) is 3.72. The third kappa shape index (κ3) is 4.47. The first kappa shape index (κ1) is 27.8. The Kier molecular flexibility index (Phi) is 6.44. The van der Waals surface area contributed by atoms with E-state index in [-0.39, 0.29) is 6.04 Å². The molecule has 0 spiro atoms. The number of fused-ring (bicyclic) bond motifs is 7. The molecule has 1 N–H and O–H groups in total. The van der Waals surface area contributed by atoms with Crippen molar-refractivity contribution in [2.75, 3.05) is 0 Å². The summed E-state index contributed by atoms with van der Waals surface area (Å²) >= 11 is 1.85. The van der Waals surface area contributed by atoms with Gasteiger partial charge < -0.3 is 9.73 Å². The Morgan fingerprint density at radius 3 is 2.48 bits per heavy atom. The second kappa shape index (κ2) is 11.1. The van der Waals surface area contributed by atoms with E-state index in [1.807, 2.05) is 11.8 Å². The van der Waals surface area contributed by atoms with Crippen LogP contribution in [0.15, 0.2) is 170 Å². The molecule has 2 unspecified atom stereocenters. The quantitative estimate of drug-likeness (QED) is 0.209. The number of benzene rings is 5. The van der Waals surface area contributed by atoms with Gasteiger partial charge in [0.2, 0.25) is 0 Å². The minimum atomic E-state index is 0.0566. The van der Waals surface area contributed by atoms with E-state index in [2.05, 4.69) is 145 Å². The number of rotatable bonds is 4. The summed E-state index contributed by atoms with van der Waals surface area (Å²) in [5.41, 5.74) is 10.3. The first-order chi connectivity index (χ1) is 23.8. The van der Waals surface area contributed by atoms with Gasteiger partial charge >= 0.3 is 0 Å². The van der Waals surface area contributed by atoms with E-state index in [1.165, 1.54) is 48.4 Å². The molecule has 3 heterocycles. The van der Waals surface area contributed by atoms with Crippen LogP contribution >= 0.6 is 11.8 Å². The van der Waals surface area contributed by atoms with Crippen molar-refractivity contribution in [2.24, 2.45) is 4.99 Å². The summed E-state index contributed by atoms with van der Waals surface area (Å²) in [7, 11) is 0. The van der Waals surface area contributed by atoms with Gasteiger partial charge in [-0.3, -0.25) is 0 Å². The number of amidine groups is 1. The topological polar surface area (TPSA) is 37.5 Å². The van der Waals surface area contributed by atoms with Gasteiger partial charge in [-0.05, 0) is 82.1 Å². The van der Waals surface area contributed by atoms with Gasteiger partial charge in [-0.25, -0.2) is 4.99 Å². The van der Waals surface area contributed by atoms with Crippen molar-refractivity contribution in [3.8, 4) is 0 Å². The summed E-state index contributed by atoms with van der Waals surface area (Å²) in [6.45, 7) is 0. The first-order valence-electron chi connectivity index (χ1n) is 16.8. The lowest BCUT2D eigenvalue weighted by molar-refractivity contribution is 0.667. The molecular formula is C44H32N2OS. The zero-order chi connectivity index (χ0) is 31.6. The first-order valence-corrected chi connectivity index (χ1v) is 17.6. The highest BCUT2D eigenvalue weighted by molar-refractivity contribution is 8.03. The van der Waals surface area contributed by atoms with Crippen LogP contribution in [-0.2, 0) is 0 Å². The highest BCUT2D eigenvalue weighted by atomic mass is 32.2. The second-order valence-electron chi connectivity index (χ2n) is 13.0. The van der Waals surface area contributed by atoms with Gasteiger partial charge in [0.25, 0.3) is 0 Å². The molecule has 2 aliphatic carbocycles. The van der Waals surface area contributed by atoms with E-state index in [9.17, 15) is 0 Å². The molecule has 3 nitrogen and oxygen atoms in total. The van der Waals surface area contributed by atoms with Gasteiger partial charge in [0.15, 0.2) is 0 Å². The van der Waals surface area contributed by atoms with Gasteiger partial charge in [-0.15, -0.1) is 0 Å². The maximum absolute atomic E-state index is 6.91. The van der Waals surface area contributed by atoms with Crippen LogP contribution < -0.4 is 5.32 Å². The second-order valence-corrected chi connectivity index (χ2v) is 14.1. The van der Waals surface area contributed by atoms with E-state index in [1.54, 1.807) is 0 Å². The molecule has 230 valence electrons. The van der Waals surface area contributed by atoms with Crippen molar-refractivity contribution < 1.29 is 4.42 Å². The Bertz CT molecular complexity index is 2490. The molecule has 4 aliphatic rings. The van der Waals surface area contributed by atoms with Crippen molar-refractivity contribution in [3.63, 3.8) is 0 Å². The normalized spacial score (nSPS) is 20.0. The van der Waals surface area contributed by atoms with Crippen molar-refractivity contribution in [2.45, 2.75) is 36.1 Å². The molecule has 10 rings (SSSR count). The lowest BCUT2D eigenvalue weighted by atomic mass is 9.86. The van der Waals surface area contributed by atoms with E-state index in [0.717, 1.165) is 58.3 Å². The summed E-state index contributed by atoms with van der Waals surface area (Å²) in [4.78, 5) is 8.02. The predicted molar refractivity (Wildman–Crippen MR) is 200 cm³/mol. The molecule has 0 saturated carbocycles. The largest absolute Gasteiger partial charge is 0.455 e. The maximum atomic E-state index is 6.91. The standard InChI is InChI=1S/C44H32N2OS/c1-3-11-27(12-4-1)28-19-21-29(22-20-28)33-23-24-35(42-39(33)36-25-31-15-7-8-16-32(31)26-37(36)47-42)44-45-40(30-13-5-2-6-14-30)43-41(46-44)34-17-9-10-18-38(34)48-43/h1-5,7-13,15-19,21-26,28,41H,6,14,20H2,(H,45,46). The fourth-order valence-corrected chi connectivity index (χ4v) is 8.99. The number of nitrogens with zero attached hydrogens (tertiary/aromatic N) is 1. The number of hydrogen-bond acceptors (Lipinski definition) is 4. The Balaban J connectivity index is 1.16. The molecule has 2 atom stereocenters. The maximum Gasteiger partial charge on any atom is 0.146 e. The van der Waals surface area contributed by atoms with Crippen LogP contribution in [0.1, 0.15) is 53.5 Å². The summed E-state index contributed by atoms with van der Waals surface area (Å²) in [6.07, 6.45) is 16.7. The van der Waals surface area contributed by atoms with Gasteiger partial charge in [0.05, 0.1) is 17.3 Å². The number of thioether (sulfide) groups is 1. The van der Waals surface area contributed by atoms with Gasteiger partial charge in [0.1, 0.15) is 17.0 Å². The third-order valence-electron chi connectivity index (χ3n) is 10.1. The average molecular weight is 637 g/mol. The summed E-state index contributed by atoms with van der Waals surface area (Å²) in [6, 6.07) is 37.1. The molecule has 0 amide bonds. The number of hydrogen-bond donors (Lipinski definition) is 1. The van der Waals surface area contributed by atoms with Crippen LogP contribution in [0.2, 0.25) is 0 Å². The predicted octanol–water partition coefficient (Wildman–Crippen LogP) is 11.6. The molecule has 6 aromatic rings. The summed E-state index contributed by atoms with van der Waals surface area (Å²) in [5.74, 6) is 1.25. The van der Waals surface area contributed by atoms with Crippen LogP contribution in [0.4, 0.5) is 0 Å². The summed E-state index contributed by atoms with van der Waals surface area (Å²) in [5, 5.41) is 8.55. The van der Waals surface area contributed by atoms with Gasteiger partial charge in [0, 0.05) is 26.5 Å². The van der Waals surface area contributed by atoms with Crippen molar-refractivity contribution in [3.05, 3.63) is 178 Å². The van der Waals surface area contributed by atoms with E-state index in [0.29, 0.717) is 5.92 Å². The van der Waals surface area contributed by atoms with Crippen LogP contribution in [0.25, 0.3) is 38.3 Å². The molecule has 0 fully saturated rings. The van der Waals surface area contributed by atoms with E-state index >= 15 is 0 Å². The monoisotopic (exact) mass is 636 g/mol. The fourth-order valence-electron chi connectivity index (χ4n) is 7.72. The number of aliphatic imine (C=N–C) groups is 1. The van der Waals surface area contributed by atoms with Crippen molar-refractivity contribution in [1.82, 2.24) is 5.32 Å². The Hall–Kier alpha value is -5.32. The van der Waals surface area contributed by atoms with Crippen LogP contribution in [0, 0.1) is 0 Å². The molecule has 0 saturated heterocycles. The molecule has 4 heteroatoms. The van der Waals surface area contributed by atoms with Crippen LogP contribution in [0.3, 0.4) is 0 Å². The number of allylic oxidation sites excluding steroid dienone is 8. The number of furan rings is 1. The fraction of sp³-hybridized carbons (Fsp3) is 0.114. The minimum Gasteiger partial charge on any atom is -0.455 e. The zero-order valence-electron chi connectivity index (χ0n) is 26.3. The SMILES string of the molecule is C1=CCCC(C2=C3Sc4ccccc4C3NC(c3ccc(C4=CCC(c5ccccc5)C=C4)c4c3oc3cc5ccccc5cc34)=N2)=C1. The Morgan fingerprint density at radius 1 is 0.833 bits per heavy atom. The van der Waals surface area contributed by atoms with Crippen LogP contribution in [-0.4, -0.2) is 5.84 Å².